The predicted octanol–water partition coefficient (Wildman–Crippen LogP) is 5.88. The molecule has 1 aromatic heterocycles. The highest BCUT2D eigenvalue weighted by Crippen LogP contribution is 2.40. The average Bonchev–Trinajstić information content (AvgIpc) is 3.13. The summed E-state index contributed by atoms with van der Waals surface area (Å²) in [6, 6.07) is 9.49. The molecule has 1 aliphatic rings. The molecule has 0 radical (unpaired) electrons. The van der Waals surface area contributed by atoms with Gasteiger partial charge in [0.25, 0.3) is 0 Å². The van der Waals surface area contributed by atoms with E-state index in [1.807, 2.05) is 0 Å². The lowest BCUT2D eigenvalue weighted by atomic mass is 9.96. The van der Waals surface area contributed by atoms with Gasteiger partial charge in [0.1, 0.15) is 0 Å². The maximum absolute atomic E-state index is 14.1. The van der Waals surface area contributed by atoms with Crippen LogP contribution in [0.3, 0.4) is 0 Å². The fourth-order valence-corrected chi connectivity index (χ4v) is 4.01. The number of nitrogens with one attached hydrogen (secondary N) is 1. The van der Waals surface area contributed by atoms with Crippen LogP contribution in [0, 0.1) is 11.7 Å². The van der Waals surface area contributed by atoms with Crippen molar-refractivity contribution in [3.8, 4) is 0 Å². The first-order chi connectivity index (χ1) is 9.75. The lowest BCUT2D eigenvalue weighted by Crippen LogP contribution is -2.18. The number of hydrogen-bond donors (Lipinski definition) is 1. The number of anilines is 1. The largest absolute Gasteiger partial charge is 0.375 e. The molecule has 1 N–H and O–H groups in total. The van der Waals surface area contributed by atoms with Crippen molar-refractivity contribution in [1.29, 1.82) is 0 Å². The molecular formula is C16H17ClFNS. The molecule has 4 heteroatoms. The molecule has 1 atom stereocenters. The normalized spacial score (nSPS) is 17.3. The second-order valence-corrected chi connectivity index (χ2v) is 6.67. The summed E-state index contributed by atoms with van der Waals surface area (Å²) in [5.74, 6) is 0.223. The maximum Gasteiger partial charge on any atom is 0.164 e. The van der Waals surface area contributed by atoms with Crippen LogP contribution in [-0.2, 0) is 0 Å². The number of hydrogen-bond acceptors (Lipinski definition) is 2. The fourth-order valence-electron chi connectivity index (χ4n) is 2.96. The molecule has 1 heterocycles. The molecule has 1 saturated carbocycles. The zero-order chi connectivity index (χ0) is 13.9. The van der Waals surface area contributed by atoms with Crippen molar-refractivity contribution in [2.24, 2.45) is 5.92 Å². The van der Waals surface area contributed by atoms with E-state index < -0.39 is 0 Å². The average molecular weight is 310 g/mol. The van der Waals surface area contributed by atoms with Gasteiger partial charge in [-0.3, -0.25) is 0 Å². The monoisotopic (exact) mass is 309 g/mol. The first-order valence-corrected chi connectivity index (χ1v) is 8.25. The molecule has 0 amide bonds. The van der Waals surface area contributed by atoms with E-state index in [0.717, 1.165) is 0 Å². The van der Waals surface area contributed by atoms with Crippen molar-refractivity contribution >= 4 is 28.6 Å². The highest BCUT2D eigenvalue weighted by Gasteiger charge is 2.27. The molecule has 0 bridgehead atoms. The standard InChI is InChI=1S/C16H17ClFNS/c17-12-7-3-8-13(15(12)18)19-16(11-5-1-2-6-11)14-9-4-10-20-14/h3-4,7-11,16,19H,1-2,5-6H2. The zero-order valence-electron chi connectivity index (χ0n) is 11.1. The lowest BCUT2D eigenvalue weighted by molar-refractivity contribution is 0.473. The molecule has 1 unspecified atom stereocenters. The van der Waals surface area contributed by atoms with Gasteiger partial charge < -0.3 is 5.32 Å². The van der Waals surface area contributed by atoms with Crippen LogP contribution in [0.4, 0.5) is 10.1 Å². The van der Waals surface area contributed by atoms with Gasteiger partial charge in [0, 0.05) is 4.88 Å². The summed E-state index contributed by atoms with van der Waals surface area (Å²) in [7, 11) is 0. The van der Waals surface area contributed by atoms with Gasteiger partial charge in [0.2, 0.25) is 0 Å². The summed E-state index contributed by atoms with van der Waals surface area (Å²) < 4.78 is 14.1. The van der Waals surface area contributed by atoms with Gasteiger partial charge in [-0.1, -0.05) is 36.6 Å². The Morgan fingerprint density at radius 3 is 2.70 bits per heavy atom. The Kier molecular flexibility index (Phi) is 4.27. The quantitative estimate of drug-likeness (QED) is 0.743. The number of halogens is 2. The third-order valence-corrected chi connectivity index (χ3v) is 5.23. The topological polar surface area (TPSA) is 12.0 Å². The molecular weight excluding hydrogens is 293 g/mol. The van der Waals surface area contributed by atoms with Crippen molar-refractivity contribution in [2.45, 2.75) is 31.7 Å². The molecule has 20 heavy (non-hydrogen) atoms. The second kappa shape index (κ2) is 6.15. The SMILES string of the molecule is Fc1c(Cl)cccc1NC(c1cccs1)C1CCCC1. The Labute approximate surface area is 127 Å². The summed E-state index contributed by atoms with van der Waals surface area (Å²) in [5, 5.41) is 5.63. The molecule has 2 aromatic rings. The smallest absolute Gasteiger partial charge is 0.164 e. The van der Waals surface area contributed by atoms with Crippen LogP contribution >= 0.6 is 22.9 Å². The van der Waals surface area contributed by atoms with Gasteiger partial charge in [-0.15, -0.1) is 11.3 Å². The van der Waals surface area contributed by atoms with Crippen LogP contribution in [-0.4, -0.2) is 0 Å². The number of benzene rings is 1. The van der Waals surface area contributed by atoms with E-state index in [9.17, 15) is 4.39 Å². The Balaban J connectivity index is 1.88. The summed E-state index contributed by atoms with van der Waals surface area (Å²) >= 11 is 7.60. The molecule has 3 rings (SSSR count). The van der Waals surface area contributed by atoms with Gasteiger partial charge >= 0.3 is 0 Å². The van der Waals surface area contributed by atoms with Gasteiger partial charge in [0.05, 0.1) is 16.8 Å². The molecule has 1 aromatic carbocycles. The number of thiophene rings is 1. The van der Waals surface area contributed by atoms with Crippen LogP contribution in [0.2, 0.25) is 5.02 Å². The minimum absolute atomic E-state index is 0.173. The van der Waals surface area contributed by atoms with E-state index in [-0.39, 0.29) is 16.9 Å². The van der Waals surface area contributed by atoms with E-state index >= 15 is 0 Å². The van der Waals surface area contributed by atoms with Gasteiger partial charge in [0.15, 0.2) is 5.82 Å². The van der Waals surface area contributed by atoms with E-state index in [4.69, 9.17) is 11.6 Å². The molecule has 1 fully saturated rings. The van der Waals surface area contributed by atoms with E-state index in [2.05, 4.69) is 22.8 Å². The first kappa shape index (κ1) is 13.9. The Morgan fingerprint density at radius 2 is 2.00 bits per heavy atom. The molecule has 106 valence electrons. The molecule has 0 aliphatic heterocycles. The molecule has 0 saturated heterocycles. The molecule has 1 aliphatic carbocycles. The predicted molar refractivity (Wildman–Crippen MR) is 84.1 cm³/mol. The van der Waals surface area contributed by atoms with Gasteiger partial charge in [-0.25, -0.2) is 4.39 Å². The fraction of sp³-hybridized carbons (Fsp3) is 0.375. The Hall–Kier alpha value is -1.06. The summed E-state index contributed by atoms with van der Waals surface area (Å²) in [6.45, 7) is 0. The second-order valence-electron chi connectivity index (χ2n) is 5.28. The van der Waals surface area contributed by atoms with Crippen LogP contribution < -0.4 is 5.32 Å². The van der Waals surface area contributed by atoms with E-state index in [0.29, 0.717) is 11.6 Å². The van der Waals surface area contributed by atoms with Crippen molar-refractivity contribution in [1.82, 2.24) is 0 Å². The van der Waals surface area contributed by atoms with Crippen LogP contribution in [0.1, 0.15) is 36.6 Å². The van der Waals surface area contributed by atoms with Crippen molar-refractivity contribution in [3.05, 3.63) is 51.4 Å². The highest BCUT2D eigenvalue weighted by molar-refractivity contribution is 7.10. The maximum atomic E-state index is 14.1. The molecule has 1 nitrogen and oxygen atoms in total. The molecule has 0 spiro atoms. The van der Waals surface area contributed by atoms with Crippen molar-refractivity contribution < 1.29 is 4.39 Å². The first-order valence-electron chi connectivity index (χ1n) is 6.99. The zero-order valence-corrected chi connectivity index (χ0v) is 12.7. The summed E-state index contributed by atoms with van der Waals surface area (Å²) in [5.41, 5.74) is 0.503. The van der Waals surface area contributed by atoms with Crippen LogP contribution in [0.15, 0.2) is 35.7 Å². The highest BCUT2D eigenvalue weighted by atomic mass is 35.5. The van der Waals surface area contributed by atoms with Crippen LogP contribution in [0.5, 0.6) is 0 Å². The van der Waals surface area contributed by atoms with Crippen molar-refractivity contribution in [3.63, 3.8) is 0 Å². The van der Waals surface area contributed by atoms with Crippen molar-refractivity contribution in [2.75, 3.05) is 5.32 Å². The van der Waals surface area contributed by atoms with E-state index in [1.165, 1.54) is 30.6 Å². The number of rotatable bonds is 4. The van der Waals surface area contributed by atoms with E-state index in [1.54, 1.807) is 29.5 Å². The Morgan fingerprint density at radius 1 is 1.20 bits per heavy atom. The minimum atomic E-state index is -0.353. The minimum Gasteiger partial charge on any atom is -0.375 e. The van der Waals surface area contributed by atoms with Gasteiger partial charge in [-0.05, 0) is 42.3 Å². The lowest BCUT2D eigenvalue weighted by Gasteiger charge is -2.25. The van der Waals surface area contributed by atoms with Gasteiger partial charge in [-0.2, -0.15) is 0 Å². The third-order valence-electron chi connectivity index (χ3n) is 3.98. The Bertz CT molecular complexity index is 564. The van der Waals surface area contributed by atoms with Crippen LogP contribution in [0.25, 0.3) is 0 Å². The third kappa shape index (κ3) is 2.84. The summed E-state index contributed by atoms with van der Waals surface area (Å²) in [4.78, 5) is 1.27. The summed E-state index contributed by atoms with van der Waals surface area (Å²) in [6.07, 6.45) is 4.95.